The number of aryl methyl sites for hydroxylation is 1. The van der Waals surface area contributed by atoms with Gasteiger partial charge in [0.25, 0.3) is 0 Å². The Balaban J connectivity index is 2.03. The van der Waals surface area contributed by atoms with Crippen LogP contribution in [0.25, 0.3) is 0 Å². The Kier molecular flexibility index (Phi) is 4.75. The molecule has 2 rings (SSSR count). The maximum atomic E-state index is 12.8. The number of alkyl halides is 3. The molecule has 0 fully saturated rings. The number of carbonyl (C=O) groups is 1. The highest BCUT2D eigenvalue weighted by molar-refractivity contribution is 6.31. The number of aromatic nitrogens is 2. The van der Waals surface area contributed by atoms with Gasteiger partial charge >= 0.3 is 6.18 Å². The molecule has 1 aromatic heterocycles. The van der Waals surface area contributed by atoms with Crippen LogP contribution in [-0.2, 0) is 17.5 Å². The minimum atomic E-state index is -4.52. The zero-order valence-electron chi connectivity index (χ0n) is 11.6. The first-order chi connectivity index (χ1) is 10.3. The molecule has 8 heteroatoms. The van der Waals surface area contributed by atoms with Gasteiger partial charge < -0.3 is 5.32 Å². The van der Waals surface area contributed by atoms with Crippen LogP contribution in [-0.4, -0.2) is 15.7 Å². The highest BCUT2D eigenvalue weighted by Crippen LogP contribution is 2.34. The lowest BCUT2D eigenvalue weighted by Gasteiger charge is -2.13. The Bertz CT molecular complexity index is 682. The summed E-state index contributed by atoms with van der Waals surface area (Å²) in [5.41, 5.74) is -0.429. The van der Waals surface area contributed by atoms with Gasteiger partial charge in [0, 0.05) is 6.42 Å². The second kappa shape index (κ2) is 6.39. The summed E-state index contributed by atoms with van der Waals surface area (Å²) in [5, 5.41) is 6.73. The van der Waals surface area contributed by atoms with Crippen molar-refractivity contribution in [1.29, 1.82) is 0 Å². The molecule has 1 N–H and O–H groups in total. The molecule has 1 aromatic carbocycles. The molecular weight excluding hydrogens is 319 g/mol. The molecule has 0 radical (unpaired) electrons. The molecule has 0 saturated heterocycles. The van der Waals surface area contributed by atoms with Crippen molar-refractivity contribution in [3.63, 3.8) is 0 Å². The van der Waals surface area contributed by atoms with Gasteiger partial charge in [-0.1, -0.05) is 23.7 Å². The number of rotatable bonds is 4. The maximum Gasteiger partial charge on any atom is 0.418 e. The fraction of sp³-hybridized carbons (Fsp3) is 0.286. The van der Waals surface area contributed by atoms with Crippen LogP contribution in [0.3, 0.4) is 0 Å². The van der Waals surface area contributed by atoms with E-state index in [-0.39, 0.29) is 18.7 Å². The molecule has 0 spiro atoms. The first-order valence-electron chi connectivity index (χ1n) is 6.43. The Hall–Kier alpha value is -2.02. The summed E-state index contributed by atoms with van der Waals surface area (Å²) in [7, 11) is 0. The van der Waals surface area contributed by atoms with Gasteiger partial charge in [0.05, 0.1) is 34.7 Å². The molecule has 0 atom stereocenters. The van der Waals surface area contributed by atoms with E-state index in [0.29, 0.717) is 10.7 Å². The van der Waals surface area contributed by atoms with E-state index in [1.807, 2.05) is 0 Å². The third-order valence-corrected chi connectivity index (χ3v) is 3.47. The van der Waals surface area contributed by atoms with Crippen molar-refractivity contribution in [1.82, 2.24) is 9.78 Å². The number of benzene rings is 1. The lowest BCUT2D eigenvalue weighted by atomic mass is 10.1. The largest absolute Gasteiger partial charge is 0.418 e. The molecule has 1 heterocycles. The number of nitrogens with one attached hydrogen (secondary N) is 1. The minimum Gasteiger partial charge on any atom is -0.325 e. The van der Waals surface area contributed by atoms with Gasteiger partial charge in [-0.25, -0.2) is 0 Å². The van der Waals surface area contributed by atoms with E-state index in [9.17, 15) is 18.0 Å². The fourth-order valence-electron chi connectivity index (χ4n) is 1.91. The number of halogens is 4. The van der Waals surface area contributed by atoms with Gasteiger partial charge in [0.15, 0.2) is 0 Å². The van der Waals surface area contributed by atoms with Crippen LogP contribution in [0.2, 0.25) is 5.02 Å². The summed E-state index contributed by atoms with van der Waals surface area (Å²) in [4.78, 5) is 11.8. The van der Waals surface area contributed by atoms with Crippen molar-refractivity contribution in [3.05, 3.63) is 46.7 Å². The van der Waals surface area contributed by atoms with Gasteiger partial charge in [0.1, 0.15) is 0 Å². The molecule has 0 aliphatic heterocycles. The Morgan fingerprint density at radius 1 is 1.36 bits per heavy atom. The summed E-state index contributed by atoms with van der Waals surface area (Å²) >= 11 is 5.84. The second-order valence-electron chi connectivity index (χ2n) is 4.64. The Labute approximate surface area is 129 Å². The number of hydrogen-bond donors (Lipinski definition) is 1. The van der Waals surface area contributed by atoms with Crippen LogP contribution in [0.1, 0.15) is 17.7 Å². The number of hydrogen-bond acceptors (Lipinski definition) is 2. The van der Waals surface area contributed by atoms with Crippen LogP contribution in [0, 0.1) is 6.92 Å². The van der Waals surface area contributed by atoms with E-state index >= 15 is 0 Å². The van der Waals surface area contributed by atoms with E-state index in [2.05, 4.69) is 10.4 Å². The molecule has 118 valence electrons. The molecule has 2 aromatic rings. The lowest BCUT2D eigenvalue weighted by molar-refractivity contribution is -0.137. The van der Waals surface area contributed by atoms with Gasteiger partial charge in [-0.05, 0) is 19.1 Å². The standard InChI is InChI=1S/C14H13ClF3N3O/c1-9-11(15)8-19-21(9)7-6-13(22)20-12-5-3-2-4-10(12)14(16,17)18/h2-5,8H,6-7H2,1H3,(H,20,22). The van der Waals surface area contributed by atoms with Crippen LogP contribution >= 0.6 is 11.6 Å². The van der Waals surface area contributed by atoms with E-state index in [0.717, 1.165) is 6.07 Å². The summed E-state index contributed by atoms with van der Waals surface area (Å²) < 4.78 is 40.0. The number of amides is 1. The minimum absolute atomic E-state index is 0.00889. The third-order valence-electron chi connectivity index (χ3n) is 3.10. The average molecular weight is 332 g/mol. The molecule has 22 heavy (non-hydrogen) atoms. The van der Waals surface area contributed by atoms with Crippen molar-refractivity contribution in [2.45, 2.75) is 26.1 Å². The summed E-state index contributed by atoms with van der Waals surface area (Å²) in [5.74, 6) is -0.525. The van der Waals surface area contributed by atoms with Gasteiger partial charge in [0.2, 0.25) is 5.91 Å². The molecule has 0 unspecified atom stereocenters. The smallest absolute Gasteiger partial charge is 0.325 e. The first kappa shape index (κ1) is 16.4. The first-order valence-corrected chi connectivity index (χ1v) is 6.81. The van der Waals surface area contributed by atoms with E-state index in [1.165, 1.54) is 29.1 Å². The van der Waals surface area contributed by atoms with E-state index in [4.69, 9.17) is 11.6 Å². The molecule has 0 bridgehead atoms. The van der Waals surface area contributed by atoms with Crippen LogP contribution in [0.5, 0.6) is 0 Å². The molecular formula is C14H13ClF3N3O. The SMILES string of the molecule is Cc1c(Cl)cnn1CCC(=O)Nc1ccccc1C(F)(F)F. The number of nitrogens with zero attached hydrogens (tertiary/aromatic N) is 2. The zero-order valence-corrected chi connectivity index (χ0v) is 12.4. The van der Waals surface area contributed by atoms with Crippen LogP contribution < -0.4 is 5.32 Å². The number of para-hydroxylation sites is 1. The number of anilines is 1. The predicted octanol–water partition coefficient (Wildman–Crippen LogP) is 3.89. The molecule has 0 aliphatic carbocycles. The summed E-state index contributed by atoms with van der Waals surface area (Å²) in [6.45, 7) is 1.98. The van der Waals surface area contributed by atoms with Gasteiger partial charge in [-0.2, -0.15) is 18.3 Å². The highest BCUT2D eigenvalue weighted by atomic mass is 35.5. The van der Waals surface area contributed by atoms with Crippen molar-refractivity contribution in [2.75, 3.05) is 5.32 Å². The highest BCUT2D eigenvalue weighted by Gasteiger charge is 2.33. The quantitative estimate of drug-likeness (QED) is 0.923. The van der Waals surface area contributed by atoms with Crippen molar-refractivity contribution in [3.8, 4) is 0 Å². The van der Waals surface area contributed by atoms with Gasteiger partial charge in [-0.15, -0.1) is 0 Å². The molecule has 1 amide bonds. The van der Waals surface area contributed by atoms with Gasteiger partial charge in [-0.3, -0.25) is 9.48 Å². The Morgan fingerprint density at radius 3 is 2.64 bits per heavy atom. The zero-order chi connectivity index (χ0) is 16.3. The third kappa shape index (κ3) is 3.79. The van der Waals surface area contributed by atoms with E-state index in [1.54, 1.807) is 6.92 Å². The Morgan fingerprint density at radius 2 is 2.05 bits per heavy atom. The van der Waals surface area contributed by atoms with E-state index < -0.39 is 17.6 Å². The van der Waals surface area contributed by atoms with Crippen LogP contribution in [0.4, 0.5) is 18.9 Å². The molecule has 4 nitrogen and oxygen atoms in total. The van der Waals surface area contributed by atoms with Crippen molar-refractivity contribution < 1.29 is 18.0 Å². The van der Waals surface area contributed by atoms with Crippen molar-refractivity contribution in [2.24, 2.45) is 0 Å². The predicted molar refractivity (Wildman–Crippen MR) is 76.7 cm³/mol. The van der Waals surface area contributed by atoms with Crippen LogP contribution in [0.15, 0.2) is 30.5 Å². The molecule has 0 saturated carbocycles. The average Bonchev–Trinajstić information content (AvgIpc) is 2.76. The molecule has 0 aliphatic rings. The topological polar surface area (TPSA) is 46.9 Å². The maximum absolute atomic E-state index is 12.8. The van der Waals surface area contributed by atoms with Crippen molar-refractivity contribution >= 4 is 23.2 Å². The lowest BCUT2D eigenvalue weighted by Crippen LogP contribution is -2.18. The second-order valence-corrected chi connectivity index (χ2v) is 5.05. The fourth-order valence-corrected chi connectivity index (χ4v) is 2.05. The number of carbonyl (C=O) groups excluding carboxylic acids is 1. The summed E-state index contributed by atoms with van der Waals surface area (Å²) in [6, 6.07) is 4.85. The monoisotopic (exact) mass is 331 g/mol. The normalized spacial score (nSPS) is 11.5. The summed E-state index contributed by atoms with van der Waals surface area (Å²) in [6.07, 6.45) is -3.07.